The summed E-state index contributed by atoms with van der Waals surface area (Å²) in [4.78, 5) is 8.78. The third-order valence-corrected chi connectivity index (χ3v) is 4.77. The first-order valence-corrected chi connectivity index (χ1v) is 8.70. The van der Waals surface area contributed by atoms with Crippen LogP contribution in [0.15, 0.2) is 51.8 Å². The van der Waals surface area contributed by atoms with Gasteiger partial charge in [0.25, 0.3) is 0 Å². The van der Waals surface area contributed by atoms with Crippen LogP contribution in [-0.2, 0) is 0 Å². The van der Waals surface area contributed by atoms with Crippen LogP contribution in [-0.4, -0.2) is 15.1 Å². The highest BCUT2D eigenvalue weighted by Crippen LogP contribution is 2.30. The zero-order valence-corrected chi connectivity index (χ0v) is 13.8. The van der Waals surface area contributed by atoms with Gasteiger partial charge in [-0.05, 0) is 19.1 Å². The Morgan fingerprint density at radius 1 is 1.09 bits per heavy atom. The number of nitrogens with zero attached hydrogens (tertiary/aromatic N) is 3. The van der Waals surface area contributed by atoms with Crippen LogP contribution in [0.25, 0.3) is 22.2 Å². The van der Waals surface area contributed by atoms with Crippen molar-refractivity contribution in [2.45, 2.75) is 6.92 Å². The summed E-state index contributed by atoms with van der Waals surface area (Å²) in [6.45, 7) is 2.06. The molecule has 0 atom stereocenters. The number of rotatable bonds is 4. The minimum absolute atomic E-state index is 0.642. The van der Waals surface area contributed by atoms with Crippen LogP contribution in [0.5, 0.6) is 0 Å². The molecule has 0 saturated heterocycles. The number of thiazole rings is 2. The molecule has 23 heavy (non-hydrogen) atoms. The molecule has 3 aromatic heterocycles. The van der Waals surface area contributed by atoms with Gasteiger partial charge < -0.3 is 9.84 Å². The van der Waals surface area contributed by atoms with E-state index in [9.17, 15) is 0 Å². The van der Waals surface area contributed by atoms with Gasteiger partial charge in [-0.3, -0.25) is 0 Å². The molecule has 4 aromatic rings. The number of aryl methyl sites for hydroxylation is 1. The number of anilines is 2. The lowest BCUT2D eigenvalue weighted by Gasteiger charge is -2.01. The average Bonchev–Trinajstić information content (AvgIpc) is 3.30. The SMILES string of the molecule is Cc1ccc(Nc2nc(-c3cc(-c4nccs4)no3)cs2)cc1. The summed E-state index contributed by atoms with van der Waals surface area (Å²) in [5.41, 5.74) is 3.74. The van der Waals surface area contributed by atoms with Crippen molar-refractivity contribution in [3.05, 3.63) is 52.9 Å². The van der Waals surface area contributed by atoms with Crippen molar-refractivity contribution in [2.75, 3.05) is 5.32 Å². The molecule has 0 amide bonds. The van der Waals surface area contributed by atoms with Crippen LogP contribution < -0.4 is 5.32 Å². The molecule has 0 aliphatic heterocycles. The van der Waals surface area contributed by atoms with E-state index in [4.69, 9.17) is 4.52 Å². The fraction of sp³-hybridized carbons (Fsp3) is 0.0625. The maximum atomic E-state index is 5.39. The molecule has 0 unspecified atom stereocenters. The Labute approximate surface area is 140 Å². The van der Waals surface area contributed by atoms with Crippen LogP contribution in [0.1, 0.15) is 5.56 Å². The molecule has 1 N–H and O–H groups in total. The first-order chi connectivity index (χ1) is 11.3. The third kappa shape index (κ3) is 3.01. The van der Waals surface area contributed by atoms with Gasteiger partial charge in [-0.25, -0.2) is 9.97 Å². The van der Waals surface area contributed by atoms with Gasteiger partial charge in [0.05, 0.1) is 0 Å². The number of hydrogen-bond donors (Lipinski definition) is 1. The van der Waals surface area contributed by atoms with Crippen LogP contribution in [0, 0.1) is 6.92 Å². The maximum absolute atomic E-state index is 5.39. The van der Waals surface area contributed by atoms with Crippen molar-refractivity contribution in [1.82, 2.24) is 15.1 Å². The molecule has 0 aliphatic carbocycles. The zero-order chi connectivity index (χ0) is 15.6. The highest BCUT2D eigenvalue weighted by Gasteiger charge is 2.13. The predicted octanol–water partition coefficient (Wildman–Crippen LogP) is 4.97. The summed E-state index contributed by atoms with van der Waals surface area (Å²) < 4.78 is 5.39. The fourth-order valence-electron chi connectivity index (χ4n) is 2.05. The molecule has 1 aromatic carbocycles. The molecule has 0 fully saturated rings. The van der Waals surface area contributed by atoms with E-state index in [-0.39, 0.29) is 0 Å². The summed E-state index contributed by atoms with van der Waals surface area (Å²) in [5.74, 6) is 0.642. The molecule has 0 spiro atoms. The minimum atomic E-state index is 0.642. The van der Waals surface area contributed by atoms with E-state index in [0.29, 0.717) is 5.76 Å². The lowest BCUT2D eigenvalue weighted by Crippen LogP contribution is -1.89. The lowest BCUT2D eigenvalue weighted by atomic mass is 10.2. The Morgan fingerprint density at radius 2 is 1.96 bits per heavy atom. The van der Waals surface area contributed by atoms with Gasteiger partial charge in [-0.2, -0.15) is 0 Å². The molecule has 0 radical (unpaired) electrons. The second-order valence-corrected chi connectivity index (χ2v) is 6.70. The van der Waals surface area contributed by atoms with Gasteiger partial charge in [-0.1, -0.05) is 22.9 Å². The monoisotopic (exact) mass is 340 g/mol. The van der Waals surface area contributed by atoms with Gasteiger partial charge in [-0.15, -0.1) is 22.7 Å². The van der Waals surface area contributed by atoms with Gasteiger partial charge in [0.2, 0.25) is 0 Å². The van der Waals surface area contributed by atoms with Gasteiger partial charge in [0.15, 0.2) is 10.9 Å². The molecule has 5 nitrogen and oxygen atoms in total. The Kier molecular flexibility index (Phi) is 3.64. The molecule has 0 saturated carbocycles. The number of nitrogens with one attached hydrogen (secondary N) is 1. The normalized spacial score (nSPS) is 10.8. The quantitative estimate of drug-likeness (QED) is 0.568. The van der Waals surface area contributed by atoms with E-state index >= 15 is 0 Å². The molecule has 4 rings (SSSR count). The topological polar surface area (TPSA) is 63.8 Å². The standard InChI is InChI=1S/C16H12N4OS2/c1-10-2-4-11(5-3-10)18-16-19-13(9-23-16)14-8-12(20-21-14)15-17-6-7-22-15/h2-9H,1H3,(H,18,19). The van der Waals surface area contributed by atoms with Gasteiger partial charge >= 0.3 is 0 Å². The molecule has 114 valence electrons. The Hall–Kier alpha value is -2.51. The van der Waals surface area contributed by atoms with Crippen LogP contribution in [0.4, 0.5) is 10.8 Å². The van der Waals surface area contributed by atoms with Crippen LogP contribution in [0.2, 0.25) is 0 Å². The second kappa shape index (κ2) is 5.94. The smallest absolute Gasteiger partial charge is 0.187 e. The number of hydrogen-bond acceptors (Lipinski definition) is 7. The first-order valence-electron chi connectivity index (χ1n) is 6.94. The van der Waals surface area contributed by atoms with Crippen molar-refractivity contribution in [1.29, 1.82) is 0 Å². The second-order valence-electron chi connectivity index (χ2n) is 4.94. The fourth-order valence-corrected chi connectivity index (χ4v) is 3.36. The van der Waals surface area contributed by atoms with E-state index < -0.39 is 0 Å². The Bertz CT molecular complexity index is 910. The minimum Gasteiger partial charge on any atom is -0.354 e. The van der Waals surface area contributed by atoms with Crippen molar-refractivity contribution in [3.8, 4) is 22.2 Å². The van der Waals surface area contributed by atoms with Crippen molar-refractivity contribution in [3.63, 3.8) is 0 Å². The average molecular weight is 340 g/mol. The maximum Gasteiger partial charge on any atom is 0.187 e. The van der Waals surface area contributed by atoms with Crippen LogP contribution in [0.3, 0.4) is 0 Å². The van der Waals surface area contributed by atoms with Crippen molar-refractivity contribution >= 4 is 33.5 Å². The molecule has 3 heterocycles. The molecule has 0 aliphatic rings. The Balaban J connectivity index is 1.55. The summed E-state index contributed by atoms with van der Waals surface area (Å²) in [5, 5.41) is 12.9. The van der Waals surface area contributed by atoms with E-state index in [2.05, 4.69) is 39.5 Å². The lowest BCUT2D eigenvalue weighted by molar-refractivity contribution is 0.434. The molecular weight excluding hydrogens is 328 g/mol. The predicted molar refractivity (Wildman–Crippen MR) is 93.2 cm³/mol. The molecule has 7 heteroatoms. The zero-order valence-electron chi connectivity index (χ0n) is 12.2. The highest BCUT2D eigenvalue weighted by atomic mass is 32.1. The number of aromatic nitrogens is 3. The van der Waals surface area contributed by atoms with Gasteiger partial charge in [0.1, 0.15) is 16.4 Å². The summed E-state index contributed by atoms with van der Waals surface area (Å²) in [6, 6.07) is 10.1. The first kappa shape index (κ1) is 14.1. The van der Waals surface area contributed by atoms with Gasteiger partial charge in [0, 0.05) is 28.7 Å². The third-order valence-electron chi connectivity index (χ3n) is 3.22. The van der Waals surface area contributed by atoms with Crippen molar-refractivity contribution < 1.29 is 4.52 Å². The summed E-state index contributed by atoms with van der Waals surface area (Å²) >= 11 is 3.06. The summed E-state index contributed by atoms with van der Waals surface area (Å²) in [7, 11) is 0. The number of benzene rings is 1. The summed E-state index contributed by atoms with van der Waals surface area (Å²) in [6.07, 6.45) is 1.75. The van der Waals surface area contributed by atoms with E-state index in [1.807, 2.05) is 29.0 Å². The van der Waals surface area contributed by atoms with E-state index in [1.165, 1.54) is 28.2 Å². The largest absolute Gasteiger partial charge is 0.354 e. The Morgan fingerprint density at radius 3 is 2.74 bits per heavy atom. The van der Waals surface area contributed by atoms with Crippen molar-refractivity contribution in [2.24, 2.45) is 0 Å². The highest BCUT2D eigenvalue weighted by molar-refractivity contribution is 7.14. The van der Waals surface area contributed by atoms with Crippen LogP contribution >= 0.6 is 22.7 Å². The molecule has 0 bridgehead atoms. The van der Waals surface area contributed by atoms with E-state index in [1.54, 1.807) is 6.20 Å². The van der Waals surface area contributed by atoms with E-state index in [0.717, 1.165) is 27.2 Å². The molecular formula is C16H12N4OS2.